The number of anilines is 1. The molecule has 1 aromatic carbocycles. The molecule has 1 aromatic rings. The maximum absolute atomic E-state index is 14.7. The molecule has 0 spiro atoms. The molecule has 0 saturated carbocycles. The van der Waals surface area contributed by atoms with Crippen LogP contribution in [0.4, 0.5) is 14.9 Å². The molecule has 10 heteroatoms. The molecule has 28 heavy (non-hydrogen) atoms. The number of aliphatic hydroxyl groups excluding tert-OH is 1. The zero-order valence-electron chi connectivity index (χ0n) is 16.0. The number of morpholine rings is 1. The Kier molecular flexibility index (Phi) is 7.94. The van der Waals surface area contributed by atoms with E-state index in [4.69, 9.17) is 9.47 Å². The predicted octanol–water partition coefficient (Wildman–Crippen LogP) is 1.72. The molecule has 156 valence electrons. The van der Waals surface area contributed by atoms with Crippen LogP contribution < -0.4 is 10.2 Å². The minimum absolute atomic E-state index is 0.142. The first kappa shape index (κ1) is 21.8. The number of carbonyl (C=O) groups excluding carboxylic acids is 1. The Morgan fingerprint density at radius 1 is 1.43 bits per heavy atom. The number of nitrogens with zero attached hydrogens (tertiary/aromatic N) is 2. The summed E-state index contributed by atoms with van der Waals surface area (Å²) in [5.41, 5.74) is 0.502. The second-order valence-corrected chi connectivity index (χ2v) is 6.99. The van der Waals surface area contributed by atoms with Crippen LogP contribution in [-0.4, -0.2) is 61.6 Å². The zero-order valence-corrected chi connectivity index (χ0v) is 16.0. The zero-order chi connectivity index (χ0) is 20.7. The summed E-state index contributed by atoms with van der Waals surface area (Å²) < 4.78 is 25.1. The lowest BCUT2D eigenvalue weighted by Crippen LogP contribution is -2.37. The van der Waals surface area contributed by atoms with Crippen LogP contribution in [0.5, 0.6) is 0 Å². The minimum atomic E-state index is -1.62. The predicted molar refractivity (Wildman–Crippen MR) is 99.4 cm³/mol. The quantitative estimate of drug-likeness (QED) is 0.505. The van der Waals surface area contributed by atoms with Crippen LogP contribution in [0.2, 0.25) is 0 Å². The molecule has 2 rings (SSSR count). The average molecular weight is 399 g/mol. The summed E-state index contributed by atoms with van der Waals surface area (Å²) in [7, 11) is 0. The Bertz CT molecular complexity index is 681. The highest BCUT2D eigenvalue weighted by atomic mass is 19.1. The number of nitro groups is 1. The maximum atomic E-state index is 14.7. The van der Waals surface area contributed by atoms with E-state index < -0.39 is 35.6 Å². The molecule has 0 radical (unpaired) electrons. The number of amides is 1. The van der Waals surface area contributed by atoms with Gasteiger partial charge in [-0.25, -0.2) is 9.18 Å². The van der Waals surface area contributed by atoms with E-state index in [1.807, 2.05) is 18.7 Å². The van der Waals surface area contributed by atoms with Gasteiger partial charge in [-0.3, -0.25) is 10.1 Å². The molecule has 1 aliphatic heterocycles. The van der Waals surface area contributed by atoms with E-state index >= 15 is 0 Å². The van der Waals surface area contributed by atoms with Gasteiger partial charge in [0.15, 0.2) is 12.2 Å². The number of hydrogen-bond acceptors (Lipinski definition) is 7. The van der Waals surface area contributed by atoms with Crippen LogP contribution in [0.15, 0.2) is 18.2 Å². The fraction of sp³-hybridized carbons (Fsp3) is 0.611. The van der Waals surface area contributed by atoms with Crippen molar-refractivity contribution in [2.24, 2.45) is 5.92 Å². The van der Waals surface area contributed by atoms with Crippen molar-refractivity contribution in [2.75, 3.05) is 44.3 Å². The van der Waals surface area contributed by atoms with Crippen molar-refractivity contribution in [2.45, 2.75) is 26.1 Å². The molecule has 1 aliphatic rings. The van der Waals surface area contributed by atoms with Gasteiger partial charge in [0, 0.05) is 24.6 Å². The second kappa shape index (κ2) is 10.2. The van der Waals surface area contributed by atoms with Gasteiger partial charge in [0.2, 0.25) is 6.54 Å². The number of halogens is 1. The molecule has 2 atom stereocenters. The first-order valence-electron chi connectivity index (χ1n) is 9.14. The number of hydrogen-bond donors (Lipinski definition) is 2. The van der Waals surface area contributed by atoms with Gasteiger partial charge in [-0.05, 0) is 23.6 Å². The third kappa shape index (κ3) is 6.31. The van der Waals surface area contributed by atoms with Crippen LogP contribution >= 0.6 is 0 Å². The molecule has 0 bridgehead atoms. The third-order valence-electron chi connectivity index (χ3n) is 4.23. The van der Waals surface area contributed by atoms with Crippen molar-refractivity contribution in [1.29, 1.82) is 0 Å². The van der Waals surface area contributed by atoms with Gasteiger partial charge in [-0.15, -0.1) is 0 Å². The first-order chi connectivity index (χ1) is 13.3. The van der Waals surface area contributed by atoms with Gasteiger partial charge in [0.1, 0.15) is 5.82 Å². The SMILES string of the molecule is CC(C)CNC(=O)OC(c1ccc(N2CCOCC2)c(F)c1)C(O)C[N+](=O)[O-]. The fourth-order valence-electron chi connectivity index (χ4n) is 2.82. The molecule has 2 N–H and O–H groups in total. The summed E-state index contributed by atoms with van der Waals surface area (Å²) >= 11 is 0. The first-order valence-corrected chi connectivity index (χ1v) is 9.14. The maximum Gasteiger partial charge on any atom is 0.407 e. The topological polar surface area (TPSA) is 114 Å². The summed E-state index contributed by atoms with van der Waals surface area (Å²) in [5.74, 6) is -0.399. The molecular formula is C18H26FN3O6. The van der Waals surface area contributed by atoms with E-state index in [2.05, 4.69) is 5.32 Å². The van der Waals surface area contributed by atoms with Gasteiger partial charge in [0.05, 0.1) is 18.9 Å². The number of benzene rings is 1. The van der Waals surface area contributed by atoms with Crippen molar-refractivity contribution in [3.8, 4) is 0 Å². The molecule has 1 heterocycles. The Hall–Kier alpha value is -2.46. The van der Waals surface area contributed by atoms with Gasteiger partial charge in [-0.1, -0.05) is 19.9 Å². The van der Waals surface area contributed by atoms with E-state index in [9.17, 15) is 24.4 Å². The molecule has 0 aromatic heterocycles. The van der Waals surface area contributed by atoms with Crippen LogP contribution in [0.3, 0.4) is 0 Å². The third-order valence-corrected chi connectivity index (χ3v) is 4.23. The lowest BCUT2D eigenvalue weighted by atomic mass is 10.0. The number of rotatable bonds is 8. The number of alkyl carbamates (subject to hydrolysis) is 1. The normalized spacial score (nSPS) is 16.5. The standard InChI is InChI=1S/C18H26FN3O6/c1-12(2)10-20-18(24)28-17(16(23)11-22(25)26)13-3-4-15(14(19)9-13)21-5-7-27-8-6-21/h3-4,9,12,16-17,23H,5-8,10-11H2,1-2H3,(H,20,24). The van der Waals surface area contributed by atoms with E-state index in [-0.39, 0.29) is 11.5 Å². The van der Waals surface area contributed by atoms with Crippen molar-refractivity contribution in [1.82, 2.24) is 5.32 Å². The largest absolute Gasteiger partial charge is 0.438 e. The molecule has 1 saturated heterocycles. The van der Waals surface area contributed by atoms with Crippen LogP contribution in [0, 0.1) is 21.8 Å². The summed E-state index contributed by atoms with van der Waals surface area (Å²) in [6.45, 7) is 5.33. The molecule has 1 fully saturated rings. The Morgan fingerprint density at radius 3 is 2.68 bits per heavy atom. The highest BCUT2D eigenvalue weighted by Gasteiger charge is 2.30. The summed E-state index contributed by atoms with van der Waals surface area (Å²) in [6.07, 6.45) is -3.82. The smallest absolute Gasteiger partial charge is 0.407 e. The summed E-state index contributed by atoms with van der Waals surface area (Å²) in [4.78, 5) is 23.9. The van der Waals surface area contributed by atoms with Gasteiger partial charge in [-0.2, -0.15) is 0 Å². The van der Waals surface area contributed by atoms with E-state index in [1.54, 1.807) is 0 Å². The summed E-state index contributed by atoms with van der Waals surface area (Å²) in [5, 5.41) is 23.5. The summed E-state index contributed by atoms with van der Waals surface area (Å²) in [6, 6.07) is 4.14. The van der Waals surface area contributed by atoms with Crippen molar-refractivity contribution in [3.63, 3.8) is 0 Å². The Balaban J connectivity index is 2.19. The monoisotopic (exact) mass is 399 g/mol. The second-order valence-electron chi connectivity index (χ2n) is 6.99. The molecule has 0 aliphatic carbocycles. The molecule has 2 unspecified atom stereocenters. The fourth-order valence-corrected chi connectivity index (χ4v) is 2.82. The molecular weight excluding hydrogens is 373 g/mol. The van der Waals surface area contributed by atoms with Crippen LogP contribution in [-0.2, 0) is 9.47 Å². The van der Waals surface area contributed by atoms with Crippen molar-refractivity contribution >= 4 is 11.8 Å². The van der Waals surface area contributed by atoms with Crippen LogP contribution in [0.25, 0.3) is 0 Å². The number of nitrogens with one attached hydrogen (secondary N) is 1. The number of aliphatic hydroxyl groups is 1. The van der Waals surface area contributed by atoms with Gasteiger partial charge < -0.3 is 24.8 Å². The lowest BCUT2D eigenvalue weighted by Gasteiger charge is -2.29. The number of carbonyl (C=O) groups is 1. The Labute approximate surface area is 162 Å². The van der Waals surface area contributed by atoms with E-state index in [0.717, 1.165) is 6.07 Å². The Morgan fingerprint density at radius 2 is 2.11 bits per heavy atom. The lowest BCUT2D eigenvalue weighted by molar-refractivity contribution is -0.493. The van der Waals surface area contributed by atoms with E-state index in [0.29, 0.717) is 38.5 Å². The van der Waals surface area contributed by atoms with Crippen LogP contribution in [0.1, 0.15) is 25.5 Å². The van der Waals surface area contributed by atoms with Crippen molar-refractivity contribution in [3.05, 3.63) is 39.7 Å². The highest BCUT2D eigenvalue weighted by Crippen LogP contribution is 2.28. The van der Waals surface area contributed by atoms with E-state index in [1.165, 1.54) is 12.1 Å². The minimum Gasteiger partial charge on any atom is -0.438 e. The number of ether oxygens (including phenoxy) is 2. The average Bonchev–Trinajstić information content (AvgIpc) is 2.64. The van der Waals surface area contributed by atoms with Gasteiger partial charge in [0.25, 0.3) is 0 Å². The van der Waals surface area contributed by atoms with Crippen molar-refractivity contribution < 1.29 is 28.7 Å². The molecule has 9 nitrogen and oxygen atoms in total. The van der Waals surface area contributed by atoms with Gasteiger partial charge >= 0.3 is 6.09 Å². The highest BCUT2D eigenvalue weighted by molar-refractivity contribution is 5.67. The molecule has 1 amide bonds.